The molecule has 0 heterocycles. The van der Waals surface area contributed by atoms with Gasteiger partial charge in [0, 0.05) is 5.02 Å². The average Bonchev–Trinajstić information content (AvgIpc) is 2.82. The largest absolute Gasteiger partial charge is 0.423 e. The summed E-state index contributed by atoms with van der Waals surface area (Å²) in [6.45, 7) is 2.26. The number of esters is 1. The Labute approximate surface area is 188 Å². The molecule has 0 aliphatic rings. The maximum atomic E-state index is 12.4. The van der Waals surface area contributed by atoms with Gasteiger partial charge in [-0.3, -0.25) is 0 Å². The fourth-order valence-electron chi connectivity index (χ4n) is 3.55. The van der Waals surface area contributed by atoms with Crippen molar-refractivity contribution >= 4 is 17.6 Å². The molecule has 154 valence electrons. The van der Waals surface area contributed by atoms with E-state index in [1.165, 1.54) is 11.1 Å². The van der Waals surface area contributed by atoms with Gasteiger partial charge in [0.2, 0.25) is 0 Å². The summed E-state index contributed by atoms with van der Waals surface area (Å²) in [5.74, 6) is 0.552. The molecule has 31 heavy (non-hydrogen) atoms. The number of benzene rings is 4. The van der Waals surface area contributed by atoms with Crippen molar-refractivity contribution in [1.82, 2.24) is 0 Å². The maximum absolute atomic E-state index is 12.4. The number of hydrogen-bond donors (Lipinski definition) is 0. The third kappa shape index (κ3) is 5.42. The Morgan fingerprint density at radius 1 is 0.774 bits per heavy atom. The van der Waals surface area contributed by atoms with E-state index < -0.39 is 0 Å². The minimum atomic E-state index is -0.390. The summed E-state index contributed by atoms with van der Waals surface area (Å²) < 4.78 is 5.39. The topological polar surface area (TPSA) is 26.3 Å². The van der Waals surface area contributed by atoms with Crippen LogP contribution in [0.2, 0.25) is 5.02 Å². The van der Waals surface area contributed by atoms with Crippen molar-refractivity contribution < 1.29 is 9.53 Å². The second-order valence-electron chi connectivity index (χ2n) is 7.63. The molecule has 1 atom stereocenters. The monoisotopic (exact) mass is 426 g/mol. The molecule has 4 rings (SSSR count). The van der Waals surface area contributed by atoms with Crippen molar-refractivity contribution in [3.63, 3.8) is 0 Å². The molecule has 0 aliphatic heterocycles. The number of rotatable bonds is 6. The van der Waals surface area contributed by atoms with E-state index in [1.807, 2.05) is 18.2 Å². The van der Waals surface area contributed by atoms with E-state index in [4.69, 9.17) is 16.3 Å². The predicted molar refractivity (Wildman–Crippen MR) is 127 cm³/mol. The summed E-state index contributed by atoms with van der Waals surface area (Å²) in [6.07, 6.45) is 1.000. The Bertz CT molecular complexity index is 1130. The lowest BCUT2D eigenvalue weighted by molar-refractivity contribution is 0.0735. The third-order valence-corrected chi connectivity index (χ3v) is 5.59. The van der Waals surface area contributed by atoms with Crippen LogP contribution in [0, 0.1) is 0 Å². The first kappa shape index (κ1) is 20.9. The Balaban J connectivity index is 1.40. The quantitative estimate of drug-likeness (QED) is 0.234. The summed E-state index contributed by atoms with van der Waals surface area (Å²) in [4.78, 5) is 12.4. The van der Waals surface area contributed by atoms with Crippen LogP contribution in [0.5, 0.6) is 5.75 Å². The fraction of sp³-hybridized carbons (Fsp3) is 0.107. The van der Waals surface area contributed by atoms with Crippen LogP contribution < -0.4 is 4.74 Å². The molecule has 0 N–H and O–H groups in total. The Kier molecular flexibility index (Phi) is 6.49. The maximum Gasteiger partial charge on any atom is 0.343 e. The lowest BCUT2D eigenvalue weighted by Crippen LogP contribution is -2.08. The zero-order chi connectivity index (χ0) is 21.6. The van der Waals surface area contributed by atoms with Crippen LogP contribution in [0.4, 0.5) is 0 Å². The highest BCUT2D eigenvalue weighted by atomic mass is 35.5. The third-order valence-electron chi connectivity index (χ3n) is 5.34. The van der Waals surface area contributed by atoms with Crippen LogP contribution in [0.25, 0.3) is 11.1 Å². The van der Waals surface area contributed by atoms with Crippen LogP contribution in [0.3, 0.4) is 0 Å². The van der Waals surface area contributed by atoms with E-state index in [9.17, 15) is 4.79 Å². The van der Waals surface area contributed by atoms with E-state index >= 15 is 0 Å². The normalized spacial score (nSPS) is 11.7. The minimum absolute atomic E-state index is 0.390. The molecule has 1 unspecified atom stereocenters. The molecule has 0 bridgehead atoms. The first-order valence-corrected chi connectivity index (χ1v) is 10.7. The van der Waals surface area contributed by atoms with E-state index in [0.717, 1.165) is 17.5 Å². The lowest BCUT2D eigenvalue weighted by atomic mass is 9.93. The van der Waals surface area contributed by atoms with Crippen LogP contribution >= 0.6 is 11.6 Å². The van der Waals surface area contributed by atoms with E-state index in [2.05, 4.69) is 55.5 Å². The molecule has 0 radical (unpaired) electrons. The predicted octanol–water partition coefficient (Wildman–Crippen LogP) is 7.57. The minimum Gasteiger partial charge on any atom is -0.423 e. The van der Waals surface area contributed by atoms with E-state index in [-0.39, 0.29) is 5.97 Å². The summed E-state index contributed by atoms with van der Waals surface area (Å²) in [5, 5.41) is 0.602. The van der Waals surface area contributed by atoms with Crippen molar-refractivity contribution in [3.8, 4) is 16.9 Å². The zero-order valence-electron chi connectivity index (χ0n) is 17.3. The van der Waals surface area contributed by atoms with Gasteiger partial charge in [0.15, 0.2) is 0 Å². The Morgan fingerprint density at radius 3 is 1.97 bits per heavy atom. The van der Waals surface area contributed by atoms with Gasteiger partial charge in [-0.25, -0.2) is 4.79 Å². The summed E-state index contributed by atoms with van der Waals surface area (Å²) >= 11 is 5.86. The second-order valence-corrected chi connectivity index (χ2v) is 8.07. The standard InChI is InChI=1S/C28H23ClO2/c1-20(22-5-3-2-4-6-22)19-21-7-9-23(10-8-21)24-11-13-25(14-12-24)28(30)31-27-17-15-26(29)16-18-27/h2-18,20H,19H2,1H3. The molecule has 0 aliphatic carbocycles. The first-order chi connectivity index (χ1) is 15.1. The highest BCUT2D eigenvalue weighted by molar-refractivity contribution is 6.30. The molecule has 0 saturated heterocycles. The average molecular weight is 427 g/mol. The highest BCUT2D eigenvalue weighted by Gasteiger charge is 2.10. The second kappa shape index (κ2) is 9.63. The Morgan fingerprint density at radius 2 is 1.35 bits per heavy atom. The molecule has 2 nitrogen and oxygen atoms in total. The molecule has 0 aromatic heterocycles. The van der Waals surface area contributed by atoms with Gasteiger partial charge in [0.1, 0.15) is 5.75 Å². The van der Waals surface area contributed by atoms with Gasteiger partial charge >= 0.3 is 5.97 Å². The molecule has 4 aromatic carbocycles. The number of halogens is 1. The van der Waals surface area contributed by atoms with E-state index in [1.54, 1.807) is 36.4 Å². The lowest BCUT2D eigenvalue weighted by Gasteiger charge is -2.12. The van der Waals surface area contributed by atoms with Gasteiger partial charge in [-0.1, -0.05) is 85.3 Å². The van der Waals surface area contributed by atoms with Gasteiger partial charge in [-0.05, 0) is 71.0 Å². The van der Waals surface area contributed by atoms with E-state index in [0.29, 0.717) is 22.3 Å². The molecule has 3 heteroatoms. The van der Waals surface area contributed by atoms with Gasteiger partial charge in [-0.15, -0.1) is 0 Å². The molecule has 0 spiro atoms. The van der Waals surface area contributed by atoms with Crippen molar-refractivity contribution in [2.24, 2.45) is 0 Å². The Hall–Kier alpha value is -3.36. The van der Waals surface area contributed by atoms with Crippen LogP contribution in [-0.4, -0.2) is 5.97 Å². The molecule has 0 fully saturated rings. The number of carbonyl (C=O) groups excluding carboxylic acids is 1. The highest BCUT2D eigenvalue weighted by Crippen LogP contribution is 2.24. The number of hydrogen-bond acceptors (Lipinski definition) is 2. The van der Waals surface area contributed by atoms with Gasteiger partial charge in [0.05, 0.1) is 5.56 Å². The molecular formula is C28H23ClO2. The SMILES string of the molecule is CC(Cc1ccc(-c2ccc(C(=O)Oc3ccc(Cl)cc3)cc2)cc1)c1ccccc1. The van der Waals surface area contributed by atoms with Gasteiger partial charge in [0.25, 0.3) is 0 Å². The van der Waals surface area contributed by atoms with Crippen molar-refractivity contribution in [3.05, 3.63) is 125 Å². The fourth-order valence-corrected chi connectivity index (χ4v) is 3.68. The van der Waals surface area contributed by atoms with Crippen LogP contribution in [0.15, 0.2) is 103 Å². The first-order valence-electron chi connectivity index (χ1n) is 10.3. The molecule has 0 amide bonds. The molecular weight excluding hydrogens is 404 g/mol. The van der Waals surface area contributed by atoms with Crippen molar-refractivity contribution in [1.29, 1.82) is 0 Å². The summed E-state index contributed by atoms with van der Waals surface area (Å²) in [5.41, 5.74) is 5.35. The number of carbonyl (C=O) groups is 1. The molecule has 4 aromatic rings. The van der Waals surface area contributed by atoms with Gasteiger partial charge < -0.3 is 4.74 Å². The summed E-state index contributed by atoms with van der Waals surface area (Å²) in [7, 11) is 0. The van der Waals surface area contributed by atoms with Crippen LogP contribution in [0.1, 0.15) is 34.3 Å². The smallest absolute Gasteiger partial charge is 0.343 e. The van der Waals surface area contributed by atoms with Crippen molar-refractivity contribution in [2.45, 2.75) is 19.3 Å². The van der Waals surface area contributed by atoms with Gasteiger partial charge in [-0.2, -0.15) is 0 Å². The van der Waals surface area contributed by atoms with Crippen molar-refractivity contribution in [2.75, 3.05) is 0 Å². The zero-order valence-corrected chi connectivity index (χ0v) is 18.0. The molecule has 0 saturated carbocycles. The summed E-state index contributed by atoms with van der Waals surface area (Å²) in [6, 6.07) is 33.4. The number of ether oxygens (including phenoxy) is 1. The van der Waals surface area contributed by atoms with Crippen LogP contribution in [-0.2, 0) is 6.42 Å².